The van der Waals surface area contributed by atoms with Crippen LogP contribution in [0.5, 0.6) is 0 Å². The van der Waals surface area contributed by atoms with Crippen LogP contribution in [0.3, 0.4) is 0 Å². The largest absolute Gasteiger partial charge is 0.481 e. The fraction of sp³-hybridized carbons (Fsp3) is 0.636. The van der Waals surface area contributed by atoms with Crippen molar-refractivity contribution in [2.24, 2.45) is 5.92 Å². The van der Waals surface area contributed by atoms with Crippen LogP contribution in [-0.4, -0.2) is 16.1 Å². The summed E-state index contributed by atoms with van der Waals surface area (Å²) in [5, 5.41) is 11.9. The average molecular weight is 227 g/mol. The van der Waals surface area contributed by atoms with Gasteiger partial charge < -0.3 is 5.11 Å². The van der Waals surface area contributed by atoms with Crippen LogP contribution in [0.4, 0.5) is 0 Å². The van der Waals surface area contributed by atoms with Gasteiger partial charge in [0.2, 0.25) is 0 Å². The Kier molecular flexibility index (Phi) is 4.75. The van der Waals surface area contributed by atoms with Gasteiger partial charge in [0.05, 0.1) is 16.6 Å². The predicted molar refractivity (Wildman–Crippen MR) is 61.2 cm³/mol. The van der Waals surface area contributed by atoms with E-state index in [1.54, 1.807) is 18.3 Å². The summed E-state index contributed by atoms with van der Waals surface area (Å²) in [6.07, 6.45) is 3.58. The molecule has 0 saturated heterocycles. The molecule has 1 heterocycles. The third-order valence-electron chi connectivity index (χ3n) is 2.32. The molecule has 0 aliphatic carbocycles. The molecule has 0 aliphatic rings. The van der Waals surface area contributed by atoms with Gasteiger partial charge in [0.25, 0.3) is 0 Å². The number of hydrogen-bond donors (Lipinski definition) is 1. The molecule has 1 aromatic heterocycles. The number of hydrogen-bond acceptors (Lipinski definition) is 3. The van der Waals surface area contributed by atoms with Gasteiger partial charge in [0.15, 0.2) is 0 Å². The van der Waals surface area contributed by atoms with Crippen molar-refractivity contribution in [1.82, 2.24) is 4.98 Å². The molecule has 15 heavy (non-hydrogen) atoms. The van der Waals surface area contributed by atoms with E-state index in [0.29, 0.717) is 6.42 Å². The number of carboxylic acids is 1. The second-order valence-electron chi connectivity index (χ2n) is 3.76. The quantitative estimate of drug-likeness (QED) is 0.813. The zero-order chi connectivity index (χ0) is 11.3. The summed E-state index contributed by atoms with van der Waals surface area (Å²) in [5.74, 6) is -0.996. The van der Waals surface area contributed by atoms with Crippen LogP contribution in [0.2, 0.25) is 0 Å². The van der Waals surface area contributed by atoms with Crippen molar-refractivity contribution in [3.63, 3.8) is 0 Å². The Morgan fingerprint density at radius 3 is 2.93 bits per heavy atom. The molecule has 84 valence electrons. The molecule has 4 heteroatoms. The summed E-state index contributed by atoms with van der Waals surface area (Å²) in [6, 6.07) is 0. The summed E-state index contributed by atoms with van der Waals surface area (Å²) in [4.78, 5) is 15.1. The smallest absolute Gasteiger partial charge is 0.306 e. The number of aromatic nitrogens is 1. The van der Waals surface area contributed by atoms with Gasteiger partial charge in [0.1, 0.15) is 0 Å². The van der Waals surface area contributed by atoms with E-state index in [-0.39, 0.29) is 5.92 Å². The van der Waals surface area contributed by atoms with Gasteiger partial charge in [-0.05, 0) is 12.8 Å². The first-order valence-electron chi connectivity index (χ1n) is 5.29. The molecule has 0 fully saturated rings. The second-order valence-corrected chi connectivity index (χ2v) is 4.70. The van der Waals surface area contributed by atoms with E-state index in [1.807, 2.05) is 0 Å². The molecular weight excluding hydrogens is 210 g/mol. The molecule has 0 bridgehead atoms. The molecule has 0 aromatic carbocycles. The van der Waals surface area contributed by atoms with Crippen LogP contribution in [0.25, 0.3) is 0 Å². The molecule has 0 spiro atoms. The summed E-state index contributed by atoms with van der Waals surface area (Å²) in [7, 11) is 0. The highest BCUT2D eigenvalue weighted by molar-refractivity contribution is 7.09. The van der Waals surface area contributed by atoms with Crippen LogP contribution in [0, 0.1) is 5.92 Å². The average Bonchev–Trinajstić information content (AvgIpc) is 2.62. The highest BCUT2D eigenvalue weighted by Gasteiger charge is 2.11. The lowest BCUT2D eigenvalue weighted by atomic mass is 10.1. The monoisotopic (exact) mass is 227 g/mol. The first kappa shape index (κ1) is 12.2. The van der Waals surface area contributed by atoms with Gasteiger partial charge in [-0.15, -0.1) is 11.3 Å². The molecule has 1 N–H and O–H groups in total. The van der Waals surface area contributed by atoms with E-state index < -0.39 is 5.97 Å². The van der Waals surface area contributed by atoms with Gasteiger partial charge in [-0.3, -0.25) is 4.79 Å². The Hall–Kier alpha value is -0.900. The SMILES string of the molecule is CCCc1csc(CCC(C)C(=O)O)n1. The summed E-state index contributed by atoms with van der Waals surface area (Å²) >= 11 is 1.64. The Morgan fingerprint density at radius 2 is 2.33 bits per heavy atom. The molecule has 1 rings (SSSR count). The van der Waals surface area contributed by atoms with Crippen molar-refractivity contribution in [3.8, 4) is 0 Å². The normalized spacial score (nSPS) is 12.7. The van der Waals surface area contributed by atoms with Gasteiger partial charge in [-0.1, -0.05) is 20.3 Å². The van der Waals surface area contributed by atoms with Crippen molar-refractivity contribution < 1.29 is 9.90 Å². The number of aryl methyl sites for hydroxylation is 2. The lowest BCUT2D eigenvalue weighted by Gasteiger charge is -2.02. The zero-order valence-corrected chi connectivity index (χ0v) is 10.0. The van der Waals surface area contributed by atoms with Crippen LogP contribution in [0.1, 0.15) is 37.4 Å². The highest BCUT2D eigenvalue weighted by atomic mass is 32.1. The summed E-state index contributed by atoms with van der Waals surface area (Å²) < 4.78 is 0. The van der Waals surface area contributed by atoms with Crippen molar-refractivity contribution >= 4 is 17.3 Å². The molecule has 0 amide bonds. The minimum Gasteiger partial charge on any atom is -0.481 e. The Labute approximate surface area is 94.2 Å². The van der Waals surface area contributed by atoms with Gasteiger partial charge in [-0.2, -0.15) is 0 Å². The van der Waals surface area contributed by atoms with Crippen LogP contribution >= 0.6 is 11.3 Å². The maximum absolute atomic E-state index is 10.6. The molecule has 1 atom stereocenters. The molecule has 0 radical (unpaired) electrons. The Morgan fingerprint density at radius 1 is 1.60 bits per heavy atom. The molecule has 0 aliphatic heterocycles. The van der Waals surface area contributed by atoms with Gasteiger partial charge in [0, 0.05) is 11.8 Å². The van der Waals surface area contributed by atoms with E-state index in [9.17, 15) is 4.79 Å². The Balaban J connectivity index is 2.40. The molecule has 3 nitrogen and oxygen atoms in total. The van der Waals surface area contributed by atoms with E-state index in [4.69, 9.17) is 5.11 Å². The van der Waals surface area contributed by atoms with Crippen LogP contribution < -0.4 is 0 Å². The Bertz CT molecular complexity index is 322. The summed E-state index contributed by atoms with van der Waals surface area (Å²) in [6.45, 7) is 3.87. The highest BCUT2D eigenvalue weighted by Crippen LogP contribution is 2.15. The van der Waals surface area contributed by atoms with E-state index in [0.717, 1.165) is 30.0 Å². The van der Waals surface area contributed by atoms with Gasteiger partial charge >= 0.3 is 5.97 Å². The number of rotatable bonds is 6. The van der Waals surface area contributed by atoms with Crippen molar-refractivity contribution in [1.29, 1.82) is 0 Å². The van der Waals surface area contributed by atoms with E-state index >= 15 is 0 Å². The first-order valence-corrected chi connectivity index (χ1v) is 6.17. The second kappa shape index (κ2) is 5.85. The fourth-order valence-electron chi connectivity index (χ4n) is 1.30. The first-order chi connectivity index (χ1) is 7.13. The van der Waals surface area contributed by atoms with E-state index in [2.05, 4.69) is 17.3 Å². The molecular formula is C11H17NO2S. The van der Waals surface area contributed by atoms with Crippen molar-refractivity contribution in [2.75, 3.05) is 0 Å². The van der Waals surface area contributed by atoms with Crippen LogP contribution in [-0.2, 0) is 17.6 Å². The minimum atomic E-state index is -0.722. The number of thiazole rings is 1. The lowest BCUT2D eigenvalue weighted by molar-refractivity contribution is -0.141. The topological polar surface area (TPSA) is 50.2 Å². The third kappa shape index (κ3) is 4.00. The van der Waals surface area contributed by atoms with Gasteiger partial charge in [-0.25, -0.2) is 4.98 Å². The fourth-order valence-corrected chi connectivity index (χ4v) is 2.15. The predicted octanol–water partition coefficient (Wildman–Crippen LogP) is 2.75. The molecule has 1 aromatic rings. The maximum atomic E-state index is 10.6. The molecule has 1 unspecified atom stereocenters. The number of aliphatic carboxylic acids is 1. The number of carbonyl (C=O) groups is 1. The number of carboxylic acid groups (broad SMARTS) is 1. The van der Waals surface area contributed by atoms with Crippen molar-refractivity contribution in [3.05, 3.63) is 16.1 Å². The molecule has 0 saturated carbocycles. The third-order valence-corrected chi connectivity index (χ3v) is 3.28. The van der Waals surface area contributed by atoms with Crippen LogP contribution in [0.15, 0.2) is 5.38 Å². The maximum Gasteiger partial charge on any atom is 0.306 e. The van der Waals surface area contributed by atoms with E-state index in [1.165, 1.54) is 0 Å². The zero-order valence-electron chi connectivity index (χ0n) is 9.19. The summed E-state index contributed by atoms with van der Waals surface area (Å²) in [5.41, 5.74) is 1.14. The van der Waals surface area contributed by atoms with Crippen molar-refractivity contribution in [2.45, 2.75) is 39.5 Å². The standard InChI is InChI=1S/C11H17NO2S/c1-3-4-9-7-15-10(12-9)6-5-8(2)11(13)14/h7-8H,3-6H2,1-2H3,(H,13,14). The lowest BCUT2D eigenvalue weighted by Crippen LogP contribution is -2.10. The minimum absolute atomic E-state index is 0.275. The number of nitrogens with zero attached hydrogens (tertiary/aromatic N) is 1.